The molecule has 0 saturated carbocycles. The number of ether oxygens (including phenoxy) is 1. The Hall–Kier alpha value is -1.11. The van der Waals surface area contributed by atoms with Crippen LogP contribution in [0.15, 0.2) is 0 Å². The van der Waals surface area contributed by atoms with Crippen LogP contribution in [-0.2, 0) is 0 Å². The van der Waals surface area contributed by atoms with Crippen LogP contribution in [0.1, 0.15) is 13.8 Å². The number of rotatable bonds is 5. The average Bonchev–Trinajstić information content (AvgIpc) is 2.44. The fraction of sp³-hybridized carbons (Fsp3) is 0.625. The van der Waals surface area contributed by atoms with E-state index < -0.39 is 13.0 Å². The number of anilines is 2. The van der Waals surface area contributed by atoms with Crippen LogP contribution >= 0.6 is 11.5 Å². The van der Waals surface area contributed by atoms with Gasteiger partial charge >= 0.3 is 0 Å². The highest BCUT2D eigenvalue weighted by Crippen LogP contribution is 2.35. The predicted molar refractivity (Wildman–Crippen MR) is 56.8 cm³/mol. The minimum absolute atomic E-state index is 0.0733. The SMILES string of the molecule is CC(C)Oc1c(N)nsc1NCC(F)F. The lowest BCUT2D eigenvalue weighted by Crippen LogP contribution is -2.12. The maximum absolute atomic E-state index is 12.0. The molecule has 0 unspecified atom stereocenters. The number of nitrogen functional groups attached to an aromatic ring is 1. The Kier molecular flexibility index (Phi) is 4.07. The van der Waals surface area contributed by atoms with Gasteiger partial charge in [0.1, 0.15) is 0 Å². The molecule has 0 aromatic carbocycles. The maximum atomic E-state index is 12.0. The Morgan fingerprint density at radius 2 is 2.20 bits per heavy atom. The molecule has 0 spiro atoms. The highest BCUT2D eigenvalue weighted by molar-refractivity contribution is 7.11. The van der Waals surface area contributed by atoms with Gasteiger partial charge in [0.2, 0.25) is 0 Å². The Morgan fingerprint density at radius 1 is 1.53 bits per heavy atom. The van der Waals surface area contributed by atoms with Crippen LogP contribution < -0.4 is 15.8 Å². The van der Waals surface area contributed by atoms with E-state index in [1.165, 1.54) is 0 Å². The van der Waals surface area contributed by atoms with Crippen LogP contribution in [0.3, 0.4) is 0 Å². The molecule has 0 bridgehead atoms. The van der Waals surface area contributed by atoms with E-state index in [0.29, 0.717) is 10.8 Å². The summed E-state index contributed by atoms with van der Waals surface area (Å²) in [7, 11) is 0. The van der Waals surface area contributed by atoms with Gasteiger partial charge in [0.25, 0.3) is 6.43 Å². The van der Waals surface area contributed by atoms with Crippen molar-refractivity contribution in [1.82, 2.24) is 4.37 Å². The molecule has 4 nitrogen and oxygen atoms in total. The Bertz CT molecular complexity index is 317. The van der Waals surface area contributed by atoms with Gasteiger partial charge in [0, 0.05) is 0 Å². The van der Waals surface area contributed by atoms with Crippen LogP contribution in [0, 0.1) is 0 Å². The third-order valence-electron chi connectivity index (χ3n) is 1.44. The molecule has 1 rings (SSSR count). The topological polar surface area (TPSA) is 60.2 Å². The first kappa shape index (κ1) is 12.0. The number of aromatic nitrogens is 1. The van der Waals surface area contributed by atoms with Crippen LogP contribution in [0.4, 0.5) is 19.6 Å². The van der Waals surface area contributed by atoms with Crippen molar-refractivity contribution in [2.24, 2.45) is 0 Å². The van der Waals surface area contributed by atoms with Crippen molar-refractivity contribution in [3.63, 3.8) is 0 Å². The molecule has 0 amide bonds. The molecule has 1 heterocycles. The number of halogens is 2. The number of nitrogens with one attached hydrogen (secondary N) is 1. The normalized spacial score (nSPS) is 11.1. The zero-order valence-corrected chi connectivity index (χ0v) is 9.28. The highest BCUT2D eigenvalue weighted by atomic mass is 32.1. The number of hydrogen-bond acceptors (Lipinski definition) is 5. The summed E-state index contributed by atoms with van der Waals surface area (Å²) >= 11 is 1.02. The van der Waals surface area contributed by atoms with Crippen molar-refractivity contribution >= 4 is 22.4 Å². The summed E-state index contributed by atoms with van der Waals surface area (Å²) in [5, 5.41) is 2.99. The van der Waals surface area contributed by atoms with Gasteiger partial charge in [0.05, 0.1) is 12.6 Å². The minimum atomic E-state index is -2.42. The monoisotopic (exact) mass is 237 g/mol. The molecule has 0 aliphatic heterocycles. The van der Waals surface area contributed by atoms with Gasteiger partial charge in [-0.3, -0.25) is 0 Å². The summed E-state index contributed by atoms with van der Waals surface area (Å²) in [5.41, 5.74) is 5.54. The summed E-state index contributed by atoms with van der Waals surface area (Å²) in [6.45, 7) is 3.22. The second-order valence-corrected chi connectivity index (χ2v) is 3.94. The quantitative estimate of drug-likeness (QED) is 0.824. The van der Waals surface area contributed by atoms with Crippen molar-refractivity contribution in [1.29, 1.82) is 0 Å². The summed E-state index contributed by atoms with van der Waals surface area (Å²) < 4.78 is 33.1. The Balaban J connectivity index is 2.70. The molecule has 0 radical (unpaired) electrons. The molecule has 1 aromatic heterocycles. The first-order valence-electron chi connectivity index (χ1n) is 4.44. The number of nitrogens with zero attached hydrogens (tertiary/aromatic N) is 1. The van der Waals surface area contributed by atoms with E-state index in [9.17, 15) is 8.78 Å². The Morgan fingerprint density at radius 3 is 2.73 bits per heavy atom. The van der Waals surface area contributed by atoms with Crippen molar-refractivity contribution in [3.05, 3.63) is 0 Å². The van der Waals surface area contributed by atoms with E-state index in [2.05, 4.69) is 9.69 Å². The molecule has 86 valence electrons. The second-order valence-electron chi connectivity index (χ2n) is 3.16. The molecule has 1 aromatic rings. The third-order valence-corrected chi connectivity index (χ3v) is 2.24. The molecule has 0 aliphatic carbocycles. The van der Waals surface area contributed by atoms with Gasteiger partial charge in [-0.25, -0.2) is 8.78 Å². The van der Waals surface area contributed by atoms with Crippen molar-refractivity contribution in [2.45, 2.75) is 26.4 Å². The van der Waals surface area contributed by atoms with Crippen LogP contribution in [0.25, 0.3) is 0 Å². The number of alkyl halides is 2. The lowest BCUT2D eigenvalue weighted by atomic mass is 10.4. The van der Waals surface area contributed by atoms with E-state index in [1.807, 2.05) is 13.8 Å². The van der Waals surface area contributed by atoms with E-state index >= 15 is 0 Å². The van der Waals surface area contributed by atoms with Gasteiger partial charge in [-0.1, -0.05) is 0 Å². The molecular formula is C8H13F2N3OS. The third kappa shape index (κ3) is 3.50. The van der Waals surface area contributed by atoms with Gasteiger partial charge in [-0.2, -0.15) is 4.37 Å². The van der Waals surface area contributed by atoms with Gasteiger partial charge in [-0.15, -0.1) is 0 Å². The summed E-state index contributed by atoms with van der Waals surface area (Å²) in [6.07, 6.45) is -2.49. The van der Waals surface area contributed by atoms with E-state index in [1.54, 1.807) is 0 Å². The first-order valence-corrected chi connectivity index (χ1v) is 5.22. The van der Waals surface area contributed by atoms with Crippen molar-refractivity contribution in [3.8, 4) is 5.75 Å². The van der Waals surface area contributed by atoms with Gasteiger partial charge in [-0.05, 0) is 25.4 Å². The zero-order chi connectivity index (χ0) is 11.4. The summed E-state index contributed by atoms with van der Waals surface area (Å²) in [4.78, 5) is 0. The molecule has 0 fully saturated rings. The number of hydrogen-bond donors (Lipinski definition) is 2. The first-order chi connectivity index (χ1) is 7.00. The highest BCUT2D eigenvalue weighted by Gasteiger charge is 2.15. The van der Waals surface area contributed by atoms with E-state index in [-0.39, 0.29) is 11.9 Å². The Labute approximate surface area is 90.6 Å². The number of nitrogens with two attached hydrogens (primary N) is 1. The lowest BCUT2D eigenvalue weighted by molar-refractivity contribution is 0.163. The molecular weight excluding hydrogens is 224 g/mol. The second kappa shape index (κ2) is 5.11. The maximum Gasteiger partial charge on any atom is 0.255 e. The lowest BCUT2D eigenvalue weighted by Gasteiger charge is -2.11. The predicted octanol–water partition coefficient (Wildman–Crippen LogP) is 2.19. The fourth-order valence-corrected chi connectivity index (χ4v) is 1.58. The smallest absolute Gasteiger partial charge is 0.255 e. The molecule has 0 aliphatic rings. The van der Waals surface area contributed by atoms with Crippen LogP contribution in [0.5, 0.6) is 5.75 Å². The van der Waals surface area contributed by atoms with E-state index in [4.69, 9.17) is 10.5 Å². The minimum Gasteiger partial charge on any atom is -0.484 e. The average molecular weight is 237 g/mol. The molecule has 0 atom stereocenters. The zero-order valence-electron chi connectivity index (χ0n) is 8.46. The molecule has 0 saturated heterocycles. The van der Waals surface area contributed by atoms with Crippen molar-refractivity contribution < 1.29 is 13.5 Å². The summed E-state index contributed by atoms with van der Waals surface area (Å²) in [6, 6.07) is 0. The van der Waals surface area contributed by atoms with Crippen LogP contribution in [-0.4, -0.2) is 23.4 Å². The van der Waals surface area contributed by atoms with Crippen molar-refractivity contribution in [2.75, 3.05) is 17.6 Å². The summed E-state index contributed by atoms with van der Waals surface area (Å²) in [5.74, 6) is 0.584. The van der Waals surface area contributed by atoms with Crippen LogP contribution in [0.2, 0.25) is 0 Å². The largest absolute Gasteiger partial charge is 0.484 e. The standard InChI is InChI=1S/C8H13F2N3OS/c1-4(2)14-6-7(11)13-15-8(6)12-3-5(9)10/h4-5,12H,3H2,1-2H3,(H2,11,13). The molecule has 3 N–H and O–H groups in total. The van der Waals surface area contributed by atoms with Gasteiger partial charge in [0.15, 0.2) is 16.6 Å². The van der Waals surface area contributed by atoms with Gasteiger partial charge < -0.3 is 15.8 Å². The molecule has 7 heteroatoms. The van der Waals surface area contributed by atoms with E-state index in [0.717, 1.165) is 11.5 Å². The molecule has 15 heavy (non-hydrogen) atoms. The fourth-order valence-electron chi connectivity index (χ4n) is 0.926.